The second-order valence-corrected chi connectivity index (χ2v) is 4.77. The Hall–Kier alpha value is -0.780. The number of nitrogens with zero attached hydrogens (tertiary/aromatic N) is 1. The minimum Gasteiger partial charge on any atom is -0.492 e. The van der Waals surface area contributed by atoms with Gasteiger partial charge in [-0.05, 0) is 31.2 Å². The van der Waals surface area contributed by atoms with Gasteiger partial charge in [-0.15, -0.1) is 12.4 Å². The second-order valence-electron chi connectivity index (χ2n) is 3.85. The predicted octanol–water partition coefficient (Wildman–Crippen LogP) is 2.06. The fraction of sp³-hybridized carbons (Fsp3) is 0.417. The molecule has 18 heavy (non-hydrogen) atoms. The van der Waals surface area contributed by atoms with Gasteiger partial charge in [0.2, 0.25) is 5.91 Å². The van der Waals surface area contributed by atoms with Crippen LogP contribution in [0.1, 0.15) is 6.92 Å². The fourth-order valence-corrected chi connectivity index (χ4v) is 1.55. The first-order valence-electron chi connectivity index (χ1n) is 5.39. The zero-order valence-electron chi connectivity index (χ0n) is 10.4. The average molecular weight is 338 g/mol. The first-order chi connectivity index (χ1) is 8.00. The van der Waals surface area contributed by atoms with E-state index in [0.29, 0.717) is 13.2 Å². The molecule has 1 amide bonds. The van der Waals surface area contributed by atoms with Gasteiger partial charge < -0.3 is 15.4 Å². The average Bonchev–Trinajstić information content (AvgIpc) is 2.30. The molecular weight excluding hydrogens is 320 g/mol. The summed E-state index contributed by atoms with van der Waals surface area (Å²) >= 11 is 3.35. The van der Waals surface area contributed by atoms with Crippen molar-refractivity contribution in [1.82, 2.24) is 4.90 Å². The van der Waals surface area contributed by atoms with Crippen LogP contribution in [-0.4, -0.2) is 37.0 Å². The van der Waals surface area contributed by atoms with E-state index < -0.39 is 6.04 Å². The minimum atomic E-state index is -0.465. The molecule has 1 aromatic rings. The van der Waals surface area contributed by atoms with E-state index in [2.05, 4.69) is 15.9 Å². The Morgan fingerprint density at radius 1 is 1.44 bits per heavy atom. The van der Waals surface area contributed by atoms with Crippen molar-refractivity contribution in [2.75, 3.05) is 20.2 Å². The van der Waals surface area contributed by atoms with Crippen molar-refractivity contribution in [3.63, 3.8) is 0 Å². The van der Waals surface area contributed by atoms with Gasteiger partial charge in [0.1, 0.15) is 12.4 Å². The molecule has 1 rings (SSSR count). The van der Waals surface area contributed by atoms with Crippen LogP contribution in [0.15, 0.2) is 28.7 Å². The summed E-state index contributed by atoms with van der Waals surface area (Å²) in [7, 11) is 1.72. The highest BCUT2D eigenvalue weighted by atomic mass is 79.9. The van der Waals surface area contributed by atoms with E-state index in [-0.39, 0.29) is 18.3 Å². The number of benzene rings is 1. The molecule has 0 saturated carbocycles. The highest BCUT2D eigenvalue weighted by Gasteiger charge is 2.12. The normalized spacial score (nSPS) is 11.3. The quantitative estimate of drug-likeness (QED) is 0.895. The standard InChI is InChI=1S/C12H17BrN2O2.ClH/c1-9(14)12(16)15(2)7-8-17-11-5-3-10(13)4-6-11;/h3-6,9H,7-8,14H2,1-2H3;1H/t9-;/m0./s1. The van der Waals surface area contributed by atoms with Crippen LogP contribution in [0.3, 0.4) is 0 Å². The molecule has 0 radical (unpaired) electrons. The van der Waals surface area contributed by atoms with Crippen molar-refractivity contribution < 1.29 is 9.53 Å². The molecule has 0 unspecified atom stereocenters. The Kier molecular flexibility index (Phi) is 7.98. The number of amides is 1. The van der Waals surface area contributed by atoms with Gasteiger partial charge in [-0.2, -0.15) is 0 Å². The molecule has 1 atom stereocenters. The number of carbonyl (C=O) groups excluding carboxylic acids is 1. The van der Waals surface area contributed by atoms with Crippen molar-refractivity contribution >= 4 is 34.2 Å². The number of likely N-dealkylation sites (N-methyl/N-ethyl adjacent to an activating group) is 1. The van der Waals surface area contributed by atoms with Crippen LogP contribution in [0.25, 0.3) is 0 Å². The van der Waals surface area contributed by atoms with E-state index >= 15 is 0 Å². The number of hydrogen-bond acceptors (Lipinski definition) is 3. The van der Waals surface area contributed by atoms with Gasteiger partial charge in [0, 0.05) is 11.5 Å². The molecule has 4 nitrogen and oxygen atoms in total. The number of carbonyl (C=O) groups is 1. The molecule has 102 valence electrons. The third-order valence-corrected chi connectivity index (χ3v) is 2.80. The summed E-state index contributed by atoms with van der Waals surface area (Å²) < 4.78 is 6.51. The SMILES string of the molecule is C[C@H](N)C(=O)N(C)CCOc1ccc(Br)cc1.Cl. The molecule has 6 heteroatoms. The topological polar surface area (TPSA) is 55.6 Å². The lowest BCUT2D eigenvalue weighted by molar-refractivity contribution is -0.131. The third kappa shape index (κ3) is 5.71. The van der Waals surface area contributed by atoms with Crippen molar-refractivity contribution in [2.45, 2.75) is 13.0 Å². The molecule has 0 aliphatic heterocycles. The van der Waals surface area contributed by atoms with Crippen LogP contribution in [0, 0.1) is 0 Å². The van der Waals surface area contributed by atoms with Crippen LogP contribution < -0.4 is 10.5 Å². The van der Waals surface area contributed by atoms with Crippen molar-refractivity contribution in [1.29, 1.82) is 0 Å². The monoisotopic (exact) mass is 336 g/mol. The minimum absolute atomic E-state index is 0. The summed E-state index contributed by atoms with van der Waals surface area (Å²) in [5.41, 5.74) is 5.50. The summed E-state index contributed by atoms with van der Waals surface area (Å²) in [4.78, 5) is 13.0. The molecule has 0 spiro atoms. The summed E-state index contributed by atoms with van der Waals surface area (Å²) in [6.45, 7) is 2.65. The Morgan fingerprint density at radius 3 is 2.50 bits per heavy atom. The zero-order chi connectivity index (χ0) is 12.8. The molecule has 0 heterocycles. The van der Waals surface area contributed by atoms with Gasteiger partial charge in [-0.25, -0.2) is 0 Å². The highest BCUT2D eigenvalue weighted by Crippen LogP contribution is 2.15. The first kappa shape index (κ1) is 17.2. The van der Waals surface area contributed by atoms with Gasteiger partial charge in [-0.3, -0.25) is 4.79 Å². The second kappa shape index (κ2) is 8.34. The summed E-state index contributed by atoms with van der Waals surface area (Å²) in [5, 5.41) is 0. The zero-order valence-corrected chi connectivity index (χ0v) is 12.8. The van der Waals surface area contributed by atoms with Crippen LogP contribution in [0.5, 0.6) is 5.75 Å². The van der Waals surface area contributed by atoms with E-state index in [1.165, 1.54) is 0 Å². The Balaban J connectivity index is 0.00000289. The molecule has 0 aliphatic carbocycles. The van der Waals surface area contributed by atoms with Crippen LogP contribution in [0.4, 0.5) is 0 Å². The smallest absolute Gasteiger partial charge is 0.239 e. The summed E-state index contributed by atoms with van der Waals surface area (Å²) in [6.07, 6.45) is 0. The fourth-order valence-electron chi connectivity index (χ4n) is 1.29. The lowest BCUT2D eigenvalue weighted by Crippen LogP contribution is -2.41. The number of hydrogen-bond donors (Lipinski definition) is 1. The van der Waals surface area contributed by atoms with E-state index in [9.17, 15) is 4.79 Å². The van der Waals surface area contributed by atoms with Gasteiger partial charge in [0.05, 0.1) is 12.6 Å². The van der Waals surface area contributed by atoms with Crippen LogP contribution >= 0.6 is 28.3 Å². The van der Waals surface area contributed by atoms with Crippen molar-refractivity contribution in [2.24, 2.45) is 5.73 Å². The van der Waals surface area contributed by atoms with Crippen LogP contribution in [0.2, 0.25) is 0 Å². The lowest BCUT2D eigenvalue weighted by atomic mass is 10.3. The predicted molar refractivity (Wildman–Crippen MR) is 78.2 cm³/mol. The van der Waals surface area contributed by atoms with Crippen molar-refractivity contribution in [3.05, 3.63) is 28.7 Å². The maximum absolute atomic E-state index is 11.5. The Labute approximate surface area is 122 Å². The van der Waals surface area contributed by atoms with E-state index in [4.69, 9.17) is 10.5 Å². The summed E-state index contributed by atoms with van der Waals surface area (Å²) in [6, 6.07) is 7.10. The van der Waals surface area contributed by atoms with Crippen LogP contribution in [-0.2, 0) is 4.79 Å². The van der Waals surface area contributed by atoms with Gasteiger partial charge >= 0.3 is 0 Å². The summed E-state index contributed by atoms with van der Waals surface area (Å²) in [5.74, 6) is 0.708. The molecule has 0 saturated heterocycles. The highest BCUT2D eigenvalue weighted by molar-refractivity contribution is 9.10. The molecule has 0 aromatic heterocycles. The molecule has 0 bridgehead atoms. The van der Waals surface area contributed by atoms with Gasteiger partial charge in [-0.1, -0.05) is 15.9 Å². The largest absolute Gasteiger partial charge is 0.492 e. The Morgan fingerprint density at radius 2 is 2.00 bits per heavy atom. The number of halogens is 2. The number of ether oxygens (including phenoxy) is 1. The van der Waals surface area contributed by atoms with E-state index in [0.717, 1.165) is 10.2 Å². The molecule has 0 aliphatic rings. The van der Waals surface area contributed by atoms with Crippen molar-refractivity contribution in [3.8, 4) is 5.75 Å². The number of nitrogens with two attached hydrogens (primary N) is 1. The van der Waals surface area contributed by atoms with E-state index in [1.807, 2.05) is 24.3 Å². The van der Waals surface area contributed by atoms with Gasteiger partial charge in [0.15, 0.2) is 0 Å². The maximum Gasteiger partial charge on any atom is 0.239 e. The number of rotatable bonds is 5. The van der Waals surface area contributed by atoms with E-state index in [1.54, 1.807) is 18.9 Å². The molecule has 2 N–H and O–H groups in total. The molecule has 1 aromatic carbocycles. The maximum atomic E-state index is 11.5. The molecular formula is C12H18BrClN2O2. The first-order valence-corrected chi connectivity index (χ1v) is 6.19. The Bertz CT molecular complexity index is 371. The van der Waals surface area contributed by atoms with Gasteiger partial charge in [0.25, 0.3) is 0 Å². The third-order valence-electron chi connectivity index (χ3n) is 2.27. The lowest BCUT2D eigenvalue weighted by Gasteiger charge is -2.19. The molecule has 0 fully saturated rings.